The lowest BCUT2D eigenvalue weighted by molar-refractivity contribution is 0.0948. The van der Waals surface area contributed by atoms with Crippen molar-refractivity contribution >= 4 is 33.3 Å². The lowest BCUT2D eigenvalue weighted by Gasteiger charge is -2.08. The van der Waals surface area contributed by atoms with Crippen molar-refractivity contribution in [3.8, 4) is 0 Å². The van der Waals surface area contributed by atoms with Crippen molar-refractivity contribution in [3.05, 3.63) is 52.6 Å². The Kier molecular flexibility index (Phi) is 6.36. The number of anilines is 2. The van der Waals surface area contributed by atoms with Gasteiger partial charge >= 0.3 is 0 Å². The summed E-state index contributed by atoms with van der Waals surface area (Å²) in [7, 11) is 1.64. The van der Waals surface area contributed by atoms with Gasteiger partial charge in [0.05, 0.1) is 11.3 Å². The largest absolute Gasteiger partial charge is 0.385 e. The lowest BCUT2D eigenvalue weighted by atomic mass is 10.2. The molecule has 0 atom stereocenters. The summed E-state index contributed by atoms with van der Waals surface area (Å²) in [6.45, 7) is 1.22. The summed E-state index contributed by atoms with van der Waals surface area (Å²) in [5, 5.41) is 6.02. The topological polar surface area (TPSA) is 63.2 Å². The Morgan fingerprint density at radius 2 is 2.09 bits per heavy atom. The molecular formula is C16H18BrN3O2. The Morgan fingerprint density at radius 1 is 1.27 bits per heavy atom. The molecule has 1 aromatic carbocycles. The van der Waals surface area contributed by atoms with Crippen LogP contribution in [-0.4, -0.2) is 31.2 Å². The number of carbonyl (C=O) groups is 1. The van der Waals surface area contributed by atoms with E-state index < -0.39 is 0 Å². The minimum Gasteiger partial charge on any atom is -0.385 e. The monoisotopic (exact) mass is 363 g/mol. The van der Waals surface area contributed by atoms with Gasteiger partial charge in [0.15, 0.2) is 0 Å². The van der Waals surface area contributed by atoms with E-state index in [1.807, 2.05) is 24.3 Å². The number of nitrogens with zero attached hydrogens (tertiary/aromatic N) is 1. The summed E-state index contributed by atoms with van der Waals surface area (Å²) in [6, 6.07) is 11.3. The molecule has 0 bridgehead atoms. The van der Waals surface area contributed by atoms with Crippen LogP contribution < -0.4 is 10.6 Å². The summed E-state index contributed by atoms with van der Waals surface area (Å²) in [6.07, 6.45) is 2.35. The fourth-order valence-electron chi connectivity index (χ4n) is 1.82. The molecular weight excluding hydrogens is 346 g/mol. The zero-order chi connectivity index (χ0) is 15.8. The molecule has 1 amide bonds. The van der Waals surface area contributed by atoms with Gasteiger partial charge in [-0.25, -0.2) is 4.98 Å². The minimum atomic E-state index is -0.129. The van der Waals surface area contributed by atoms with Gasteiger partial charge in [0.1, 0.15) is 5.82 Å². The van der Waals surface area contributed by atoms with E-state index in [9.17, 15) is 4.79 Å². The number of carbonyl (C=O) groups excluding carboxylic acids is 1. The molecule has 6 heteroatoms. The molecule has 0 aliphatic rings. The molecule has 1 heterocycles. The maximum absolute atomic E-state index is 11.9. The number of nitrogens with one attached hydrogen (secondary N) is 2. The molecule has 0 saturated carbocycles. The Hall–Kier alpha value is -1.92. The number of amides is 1. The van der Waals surface area contributed by atoms with Gasteiger partial charge in [-0.1, -0.05) is 12.1 Å². The van der Waals surface area contributed by atoms with Crippen LogP contribution in [0.4, 0.5) is 11.5 Å². The van der Waals surface area contributed by atoms with Crippen molar-refractivity contribution in [1.29, 1.82) is 0 Å². The molecule has 2 rings (SSSR count). The van der Waals surface area contributed by atoms with Gasteiger partial charge in [-0.3, -0.25) is 4.79 Å². The predicted octanol–water partition coefficient (Wildman–Crippen LogP) is 3.35. The maximum Gasteiger partial charge on any atom is 0.252 e. The highest BCUT2D eigenvalue weighted by Crippen LogP contribution is 2.24. The van der Waals surface area contributed by atoms with Gasteiger partial charge in [-0.15, -0.1) is 0 Å². The summed E-state index contributed by atoms with van der Waals surface area (Å²) in [5.74, 6) is 0.555. The molecule has 0 spiro atoms. The number of benzene rings is 1. The first-order valence-corrected chi connectivity index (χ1v) is 7.75. The van der Waals surface area contributed by atoms with Gasteiger partial charge in [-0.2, -0.15) is 0 Å². The zero-order valence-corrected chi connectivity index (χ0v) is 13.9. The lowest BCUT2D eigenvalue weighted by Crippen LogP contribution is -2.25. The molecule has 116 valence electrons. The Bertz CT molecular complexity index is 617. The van der Waals surface area contributed by atoms with Gasteiger partial charge in [-0.05, 0) is 46.6 Å². The fraction of sp³-hybridized carbons (Fsp3) is 0.250. The molecule has 22 heavy (non-hydrogen) atoms. The van der Waals surface area contributed by atoms with Crippen LogP contribution in [0.15, 0.2) is 47.1 Å². The quantitative estimate of drug-likeness (QED) is 0.740. The smallest absolute Gasteiger partial charge is 0.252 e. The van der Waals surface area contributed by atoms with Crippen molar-refractivity contribution in [2.45, 2.75) is 6.42 Å². The van der Waals surface area contributed by atoms with E-state index in [-0.39, 0.29) is 5.91 Å². The molecule has 1 aromatic heterocycles. The van der Waals surface area contributed by atoms with Crippen LogP contribution in [0.3, 0.4) is 0 Å². The normalized spacial score (nSPS) is 10.3. The standard InChI is InChI=1S/C16H18BrN3O2/c1-22-10-4-9-18-16(21)12-7-8-15(19-11-12)20-14-6-3-2-5-13(14)17/h2-3,5-8,11H,4,9-10H2,1H3,(H,18,21)(H,19,20). The van der Waals surface area contributed by atoms with Gasteiger partial charge < -0.3 is 15.4 Å². The average Bonchev–Trinajstić information content (AvgIpc) is 2.54. The third-order valence-corrected chi connectivity index (χ3v) is 3.66. The third-order valence-electron chi connectivity index (χ3n) is 2.97. The number of hydrogen-bond acceptors (Lipinski definition) is 4. The minimum absolute atomic E-state index is 0.129. The third kappa shape index (κ3) is 4.82. The van der Waals surface area contributed by atoms with Crippen LogP contribution in [0.25, 0.3) is 0 Å². The second-order valence-electron chi connectivity index (χ2n) is 4.64. The summed E-state index contributed by atoms with van der Waals surface area (Å²) < 4.78 is 5.89. The number of rotatable bonds is 7. The fourth-order valence-corrected chi connectivity index (χ4v) is 2.21. The molecule has 2 aromatic rings. The van der Waals surface area contributed by atoms with Crippen molar-refractivity contribution in [3.63, 3.8) is 0 Å². The summed E-state index contributed by atoms with van der Waals surface area (Å²) in [5.41, 5.74) is 1.46. The van der Waals surface area contributed by atoms with Crippen molar-refractivity contribution in [1.82, 2.24) is 10.3 Å². The zero-order valence-electron chi connectivity index (χ0n) is 12.3. The van der Waals surface area contributed by atoms with E-state index in [4.69, 9.17) is 4.74 Å². The maximum atomic E-state index is 11.9. The number of aromatic nitrogens is 1. The molecule has 2 N–H and O–H groups in total. The predicted molar refractivity (Wildman–Crippen MR) is 90.5 cm³/mol. The van der Waals surface area contributed by atoms with Crippen LogP contribution in [0.1, 0.15) is 16.8 Å². The Morgan fingerprint density at radius 3 is 2.77 bits per heavy atom. The molecule has 5 nitrogen and oxygen atoms in total. The first-order chi connectivity index (χ1) is 10.7. The van der Waals surface area contributed by atoms with Crippen LogP contribution in [0.5, 0.6) is 0 Å². The second kappa shape index (κ2) is 8.51. The van der Waals surface area contributed by atoms with Gasteiger partial charge in [0.25, 0.3) is 5.91 Å². The van der Waals surface area contributed by atoms with Gasteiger partial charge in [0, 0.05) is 30.9 Å². The van der Waals surface area contributed by atoms with Gasteiger partial charge in [0.2, 0.25) is 0 Å². The summed E-state index contributed by atoms with van der Waals surface area (Å²) >= 11 is 3.47. The van der Waals surface area contributed by atoms with E-state index in [0.717, 1.165) is 16.6 Å². The Labute approximate surface area is 138 Å². The van der Waals surface area contributed by atoms with E-state index >= 15 is 0 Å². The van der Waals surface area contributed by atoms with Crippen molar-refractivity contribution in [2.75, 3.05) is 25.6 Å². The van der Waals surface area contributed by atoms with E-state index in [0.29, 0.717) is 24.5 Å². The van der Waals surface area contributed by atoms with Crippen molar-refractivity contribution < 1.29 is 9.53 Å². The molecule has 0 fully saturated rings. The van der Waals surface area contributed by atoms with Crippen LogP contribution in [0, 0.1) is 0 Å². The van der Waals surface area contributed by atoms with E-state index in [1.165, 1.54) is 0 Å². The SMILES string of the molecule is COCCCNC(=O)c1ccc(Nc2ccccc2Br)nc1. The van der Waals surface area contributed by atoms with E-state index in [2.05, 4.69) is 31.5 Å². The highest BCUT2D eigenvalue weighted by atomic mass is 79.9. The highest BCUT2D eigenvalue weighted by molar-refractivity contribution is 9.10. The van der Waals surface area contributed by atoms with Crippen LogP contribution >= 0.6 is 15.9 Å². The molecule has 0 radical (unpaired) electrons. The molecule has 0 saturated heterocycles. The second-order valence-corrected chi connectivity index (χ2v) is 5.49. The molecule has 0 unspecified atom stereocenters. The Balaban J connectivity index is 1.92. The number of para-hydroxylation sites is 1. The molecule has 0 aliphatic heterocycles. The highest BCUT2D eigenvalue weighted by Gasteiger charge is 2.06. The first-order valence-electron chi connectivity index (χ1n) is 6.95. The number of ether oxygens (including phenoxy) is 1. The number of hydrogen-bond donors (Lipinski definition) is 2. The number of halogens is 1. The summed E-state index contributed by atoms with van der Waals surface area (Å²) in [4.78, 5) is 16.2. The average molecular weight is 364 g/mol. The molecule has 0 aliphatic carbocycles. The number of pyridine rings is 1. The number of methoxy groups -OCH3 is 1. The van der Waals surface area contributed by atoms with Crippen molar-refractivity contribution in [2.24, 2.45) is 0 Å². The first kappa shape index (κ1) is 16.5. The van der Waals surface area contributed by atoms with Crippen LogP contribution in [0.2, 0.25) is 0 Å². The van der Waals surface area contributed by atoms with Crippen LogP contribution in [-0.2, 0) is 4.74 Å². The van der Waals surface area contributed by atoms with E-state index in [1.54, 1.807) is 25.4 Å².